The van der Waals surface area contributed by atoms with Crippen molar-refractivity contribution in [3.05, 3.63) is 12.2 Å². The van der Waals surface area contributed by atoms with Crippen LogP contribution in [0.1, 0.15) is 139 Å². The first kappa shape index (κ1) is 39.8. The summed E-state index contributed by atoms with van der Waals surface area (Å²) in [7, 11) is -2.27. The molecule has 5 saturated carbocycles. The highest BCUT2D eigenvalue weighted by Crippen LogP contribution is 2.78. The average Bonchev–Trinajstić information content (AvgIpc) is 3.64. The molecule has 0 bridgehead atoms. The Labute approximate surface area is 315 Å². The minimum atomic E-state index is -2.27. The summed E-state index contributed by atoms with van der Waals surface area (Å²) in [5, 5.41) is 13.0. The molecule has 12 atom stereocenters. The first-order valence-electron chi connectivity index (χ1n) is 20.4. The molecule has 5 aliphatic carbocycles. The summed E-state index contributed by atoms with van der Waals surface area (Å²) in [5.41, 5.74) is 0.350. The molecule has 1 aliphatic heterocycles. The average molecular weight is 743 g/mol. The van der Waals surface area contributed by atoms with Gasteiger partial charge in [0, 0.05) is 46.9 Å². The number of carbonyl (C=O) groups excluding carboxylic acids is 2. The standard InChI is InChI=1S/C43H70N2O6S/c1-27(2)29-14-20-43(24-34(46)44-28-17-23-45(26-28)52(10,11)50)22-21-41(8)30(36(29)43)12-13-32-40(7)18-16-33(51-35(47)25-38(3,4)37(48)49)39(5,6)31(40)15-19-42(32,41)9/h28-33,36H,1,10,12-26H2,2-9,11H3,(H,44,46)(H,48,49)/t28-,29+,30-,31+,32-,33+,36-,40+,41-,42-,43-,52?/m1/s1. The molecule has 0 radical (unpaired) electrons. The third kappa shape index (κ3) is 6.31. The number of allylic oxidation sites excluding steroid dienone is 1. The molecule has 6 aliphatic rings. The van der Waals surface area contributed by atoms with Gasteiger partial charge in [0.25, 0.3) is 0 Å². The van der Waals surface area contributed by atoms with Crippen molar-refractivity contribution in [3.63, 3.8) is 0 Å². The summed E-state index contributed by atoms with van der Waals surface area (Å²) in [5.74, 6) is 5.06. The number of carbonyl (C=O) groups is 3. The number of hydrogen-bond donors (Lipinski definition) is 2. The molecule has 294 valence electrons. The highest BCUT2D eigenvalue weighted by molar-refractivity contribution is 7.97. The summed E-state index contributed by atoms with van der Waals surface area (Å²) in [6.07, 6.45) is 13.7. The van der Waals surface area contributed by atoms with Gasteiger partial charge in [-0.1, -0.05) is 46.8 Å². The van der Waals surface area contributed by atoms with Gasteiger partial charge in [0.2, 0.25) is 5.91 Å². The van der Waals surface area contributed by atoms with Gasteiger partial charge in [-0.05, 0) is 149 Å². The van der Waals surface area contributed by atoms with E-state index in [1.807, 2.05) is 4.31 Å². The number of carboxylic acid groups (broad SMARTS) is 1. The molecule has 1 unspecified atom stereocenters. The number of aliphatic carboxylic acids is 1. The summed E-state index contributed by atoms with van der Waals surface area (Å²) in [4.78, 5) is 38.8. The lowest BCUT2D eigenvalue weighted by molar-refractivity contribution is -0.250. The van der Waals surface area contributed by atoms with E-state index in [4.69, 9.17) is 4.74 Å². The molecule has 1 saturated heterocycles. The smallest absolute Gasteiger partial charge is 0.309 e. The highest BCUT2D eigenvalue weighted by Gasteiger charge is 2.71. The minimum Gasteiger partial charge on any atom is -0.481 e. The monoisotopic (exact) mass is 742 g/mol. The van der Waals surface area contributed by atoms with Crippen LogP contribution in [0.2, 0.25) is 0 Å². The zero-order chi connectivity index (χ0) is 38.4. The van der Waals surface area contributed by atoms with Crippen LogP contribution >= 0.6 is 0 Å². The Morgan fingerprint density at radius 2 is 1.62 bits per heavy atom. The van der Waals surface area contributed by atoms with E-state index in [2.05, 4.69) is 59.3 Å². The Kier molecular flexibility index (Phi) is 10.0. The second kappa shape index (κ2) is 13.1. The normalized spacial score (nSPS) is 43.9. The van der Waals surface area contributed by atoms with Crippen molar-refractivity contribution in [2.75, 3.05) is 19.3 Å². The second-order valence-corrected chi connectivity index (χ2v) is 23.3. The Bertz CT molecular complexity index is 1590. The van der Waals surface area contributed by atoms with Crippen molar-refractivity contribution in [2.45, 2.75) is 151 Å². The van der Waals surface area contributed by atoms with Crippen molar-refractivity contribution >= 4 is 33.4 Å². The maximum absolute atomic E-state index is 13.9. The van der Waals surface area contributed by atoms with Crippen LogP contribution in [0.5, 0.6) is 0 Å². The van der Waals surface area contributed by atoms with E-state index in [1.165, 1.54) is 18.4 Å². The van der Waals surface area contributed by atoms with Crippen LogP contribution in [0, 0.1) is 62.1 Å². The van der Waals surface area contributed by atoms with E-state index in [-0.39, 0.29) is 51.5 Å². The van der Waals surface area contributed by atoms with E-state index >= 15 is 0 Å². The number of nitrogens with one attached hydrogen (secondary N) is 1. The predicted octanol–water partition coefficient (Wildman–Crippen LogP) is 7.90. The lowest BCUT2D eigenvalue weighted by atomic mass is 9.32. The van der Waals surface area contributed by atoms with E-state index in [0.717, 1.165) is 57.8 Å². The van der Waals surface area contributed by atoms with E-state index < -0.39 is 27.1 Å². The molecule has 0 aromatic carbocycles. The Morgan fingerprint density at radius 1 is 0.923 bits per heavy atom. The maximum atomic E-state index is 13.9. The first-order chi connectivity index (χ1) is 23.9. The Balaban J connectivity index is 1.22. The number of hydrogen-bond acceptors (Lipinski definition) is 5. The zero-order valence-electron chi connectivity index (χ0n) is 33.9. The topological polar surface area (TPSA) is 113 Å². The van der Waals surface area contributed by atoms with Crippen molar-refractivity contribution < 1.29 is 28.4 Å². The molecule has 0 aromatic heterocycles. The molecule has 2 N–H and O–H groups in total. The van der Waals surface area contributed by atoms with Crippen LogP contribution < -0.4 is 5.32 Å². The first-order valence-corrected chi connectivity index (χ1v) is 22.5. The van der Waals surface area contributed by atoms with Crippen LogP contribution in [0.15, 0.2) is 12.2 Å². The highest BCUT2D eigenvalue weighted by atomic mass is 32.2. The van der Waals surface area contributed by atoms with Crippen LogP contribution in [-0.4, -0.2) is 68.8 Å². The van der Waals surface area contributed by atoms with Crippen molar-refractivity contribution in [3.8, 4) is 0 Å². The molecule has 0 aromatic rings. The fourth-order valence-electron chi connectivity index (χ4n) is 14.2. The molecule has 8 nitrogen and oxygen atoms in total. The third-order valence-corrected chi connectivity index (χ3v) is 18.6. The fraction of sp³-hybridized carbons (Fsp3) is 0.860. The van der Waals surface area contributed by atoms with E-state index in [1.54, 1.807) is 20.1 Å². The molecule has 1 amide bonds. The number of nitrogens with zero attached hydrogens (tertiary/aromatic N) is 1. The third-order valence-electron chi connectivity index (χ3n) is 17.2. The molecule has 1 heterocycles. The van der Waals surface area contributed by atoms with Gasteiger partial charge in [0.05, 0.1) is 11.8 Å². The number of ether oxygens (including phenoxy) is 1. The molecule has 9 heteroatoms. The number of rotatable bonds is 9. The van der Waals surface area contributed by atoms with Gasteiger partial charge in [0.1, 0.15) is 6.10 Å². The van der Waals surface area contributed by atoms with E-state index in [0.29, 0.717) is 49.1 Å². The molecule has 52 heavy (non-hydrogen) atoms. The van der Waals surface area contributed by atoms with Crippen LogP contribution in [0.3, 0.4) is 0 Å². The van der Waals surface area contributed by atoms with Gasteiger partial charge in [-0.15, -0.1) is 0 Å². The molecule has 0 spiro atoms. The lowest BCUT2D eigenvalue weighted by Gasteiger charge is -2.73. The number of esters is 1. The van der Waals surface area contributed by atoms with Gasteiger partial charge in [-0.25, -0.2) is 4.31 Å². The van der Waals surface area contributed by atoms with Crippen LogP contribution in [0.25, 0.3) is 0 Å². The van der Waals surface area contributed by atoms with Gasteiger partial charge in [-0.2, -0.15) is 0 Å². The Morgan fingerprint density at radius 3 is 2.23 bits per heavy atom. The number of fused-ring (bicyclic) bond motifs is 7. The Hall–Kier alpha value is -1.87. The zero-order valence-corrected chi connectivity index (χ0v) is 34.7. The molecular weight excluding hydrogens is 673 g/mol. The van der Waals surface area contributed by atoms with Crippen molar-refractivity contribution in [2.24, 2.45) is 62.1 Å². The molecule has 6 fully saturated rings. The maximum Gasteiger partial charge on any atom is 0.309 e. The summed E-state index contributed by atoms with van der Waals surface area (Å²) in [6, 6.07) is 0.0294. The summed E-state index contributed by atoms with van der Waals surface area (Å²) in [6.45, 7) is 23.7. The van der Waals surface area contributed by atoms with Crippen LogP contribution in [-0.2, 0) is 28.8 Å². The predicted molar refractivity (Wildman–Crippen MR) is 209 cm³/mol. The van der Waals surface area contributed by atoms with Gasteiger partial charge >= 0.3 is 11.9 Å². The van der Waals surface area contributed by atoms with Gasteiger partial charge in [0.15, 0.2) is 0 Å². The lowest BCUT2D eigenvalue weighted by Crippen LogP contribution is -2.67. The summed E-state index contributed by atoms with van der Waals surface area (Å²) < 4.78 is 20.7. The number of carboxylic acids is 1. The number of amides is 1. The van der Waals surface area contributed by atoms with Crippen molar-refractivity contribution in [1.29, 1.82) is 0 Å². The SMILES string of the molecule is C=C(C)[C@@H]1CC[C@]2(CC(=O)N[C@@H]3CCN(S(=C)(C)=O)C3)CC[C@]3(C)[C@H](CC[C@@H]4[C@@]5(C)CC[C@H](OC(=O)CC(C)(C)C(=O)O)C(C)(C)[C@@H]5CC[C@]43C)[C@@H]12. The molecule has 6 rings (SSSR count). The van der Waals surface area contributed by atoms with Gasteiger partial charge < -0.3 is 15.2 Å². The van der Waals surface area contributed by atoms with Crippen LogP contribution in [0.4, 0.5) is 0 Å². The largest absolute Gasteiger partial charge is 0.481 e. The molecular formula is C43H70N2O6S. The van der Waals surface area contributed by atoms with E-state index in [9.17, 15) is 23.7 Å². The quantitative estimate of drug-likeness (QED) is 0.141. The second-order valence-electron chi connectivity index (χ2n) is 20.8. The van der Waals surface area contributed by atoms with Gasteiger partial charge in [-0.3, -0.25) is 18.6 Å². The minimum absolute atomic E-state index is 0.00971. The summed E-state index contributed by atoms with van der Waals surface area (Å²) >= 11 is 0. The van der Waals surface area contributed by atoms with Crippen molar-refractivity contribution in [1.82, 2.24) is 9.62 Å². The fourth-order valence-corrected chi connectivity index (χ4v) is 15.2.